The number of alkyl halides is 2. The molecule has 0 unspecified atom stereocenters. The van der Waals surface area contributed by atoms with Crippen molar-refractivity contribution >= 4 is 26.8 Å². The molecule has 0 saturated carbocycles. The second kappa shape index (κ2) is 3.65. The lowest BCUT2D eigenvalue weighted by molar-refractivity contribution is 0.123. The molecule has 0 aliphatic heterocycles. The molecule has 5 heteroatoms. The van der Waals surface area contributed by atoms with Crippen LogP contribution in [0.2, 0.25) is 0 Å². The predicted molar refractivity (Wildman–Crippen MR) is 53.4 cm³/mol. The van der Waals surface area contributed by atoms with E-state index in [0.717, 1.165) is 15.4 Å². The number of fused-ring (bicyclic) bond motifs is 1. The van der Waals surface area contributed by atoms with E-state index in [-0.39, 0.29) is 6.54 Å². The van der Waals surface area contributed by atoms with E-state index in [0.29, 0.717) is 0 Å². The molecule has 14 heavy (non-hydrogen) atoms. The van der Waals surface area contributed by atoms with E-state index < -0.39 is 6.43 Å². The van der Waals surface area contributed by atoms with Crippen LogP contribution in [-0.2, 0) is 6.54 Å². The number of halogens is 3. The number of hydrogen-bond acceptors (Lipinski definition) is 1. The van der Waals surface area contributed by atoms with Gasteiger partial charge in [0.1, 0.15) is 6.54 Å². The van der Waals surface area contributed by atoms with Gasteiger partial charge in [-0.25, -0.2) is 8.78 Å². The number of nitrogens with zero attached hydrogens (tertiary/aromatic N) is 2. The first kappa shape index (κ1) is 9.58. The molecule has 0 saturated heterocycles. The fourth-order valence-corrected chi connectivity index (χ4v) is 1.71. The highest BCUT2D eigenvalue weighted by Gasteiger charge is 2.08. The summed E-state index contributed by atoms with van der Waals surface area (Å²) in [7, 11) is 0. The molecule has 0 spiro atoms. The standard InChI is InChI=1S/C9H7BrF2N2/c10-7-1-2-8-6(3-7)4-13-14(8)5-9(11)12/h1-4,9H,5H2. The Morgan fingerprint density at radius 3 is 2.93 bits per heavy atom. The highest BCUT2D eigenvalue weighted by atomic mass is 79.9. The van der Waals surface area contributed by atoms with Gasteiger partial charge >= 0.3 is 0 Å². The van der Waals surface area contributed by atoms with Crippen LogP contribution in [0.5, 0.6) is 0 Å². The Morgan fingerprint density at radius 2 is 2.21 bits per heavy atom. The normalized spacial score (nSPS) is 11.4. The van der Waals surface area contributed by atoms with Crippen molar-refractivity contribution < 1.29 is 8.78 Å². The van der Waals surface area contributed by atoms with Crippen molar-refractivity contribution in [2.24, 2.45) is 0 Å². The number of rotatable bonds is 2. The van der Waals surface area contributed by atoms with Gasteiger partial charge in [-0.3, -0.25) is 4.68 Å². The van der Waals surface area contributed by atoms with Gasteiger partial charge in [0, 0.05) is 9.86 Å². The minimum atomic E-state index is -2.37. The van der Waals surface area contributed by atoms with Crippen molar-refractivity contribution in [2.45, 2.75) is 13.0 Å². The van der Waals surface area contributed by atoms with Gasteiger partial charge in [-0.15, -0.1) is 0 Å². The van der Waals surface area contributed by atoms with Crippen molar-refractivity contribution in [3.63, 3.8) is 0 Å². The highest BCUT2D eigenvalue weighted by molar-refractivity contribution is 9.10. The van der Waals surface area contributed by atoms with Crippen LogP contribution in [0, 0.1) is 0 Å². The maximum atomic E-state index is 12.1. The first-order valence-corrected chi connectivity index (χ1v) is 4.85. The van der Waals surface area contributed by atoms with E-state index >= 15 is 0 Å². The average molecular weight is 261 g/mol. The molecule has 0 radical (unpaired) electrons. The summed E-state index contributed by atoms with van der Waals surface area (Å²) in [5.41, 5.74) is 0.730. The second-order valence-electron chi connectivity index (χ2n) is 2.92. The SMILES string of the molecule is FC(F)Cn1ncc2cc(Br)ccc21. The highest BCUT2D eigenvalue weighted by Crippen LogP contribution is 2.19. The molecular weight excluding hydrogens is 254 g/mol. The van der Waals surface area contributed by atoms with Crippen LogP contribution in [-0.4, -0.2) is 16.2 Å². The van der Waals surface area contributed by atoms with Crippen molar-refractivity contribution in [1.82, 2.24) is 9.78 Å². The quantitative estimate of drug-likeness (QED) is 0.812. The summed E-state index contributed by atoms with van der Waals surface area (Å²) in [4.78, 5) is 0. The minimum Gasteiger partial charge on any atom is -0.259 e. The molecule has 0 N–H and O–H groups in total. The van der Waals surface area contributed by atoms with E-state index in [9.17, 15) is 8.78 Å². The molecule has 1 aromatic heterocycles. The number of hydrogen-bond donors (Lipinski definition) is 0. The molecule has 2 rings (SSSR count). The number of benzene rings is 1. The summed E-state index contributed by atoms with van der Waals surface area (Å²) >= 11 is 3.31. The smallest absolute Gasteiger partial charge is 0.257 e. The fraction of sp³-hybridized carbons (Fsp3) is 0.222. The molecule has 0 aliphatic carbocycles. The van der Waals surface area contributed by atoms with Crippen molar-refractivity contribution in [3.8, 4) is 0 Å². The van der Waals surface area contributed by atoms with E-state index in [1.54, 1.807) is 12.3 Å². The first-order valence-electron chi connectivity index (χ1n) is 4.06. The van der Waals surface area contributed by atoms with E-state index in [1.165, 1.54) is 4.68 Å². The van der Waals surface area contributed by atoms with Crippen LogP contribution in [0.4, 0.5) is 8.78 Å². The van der Waals surface area contributed by atoms with Crippen molar-refractivity contribution in [1.29, 1.82) is 0 Å². The Labute approximate surface area is 87.6 Å². The van der Waals surface area contributed by atoms with Crippen LogP contribution in [0.25, 0.3) is 10.9 Å². The second-order valence-corrected chi connectivity index (χ2v) is 3.84. The maximum Gasteiger partial charge on any atom is 0.257 e. The van der Waals surface area contributed by atoms with E-state index in [4.69, 9.17) is 0 Å². The van der Waals surface area contributed by atoms with Gasteiger partial charge in [0.25, 0.3) is 6.43 Å². The fourth-order valence-electron chi connectivity index (χ4n) is 1.33. The van der Waals surface area contributed by atoms with Crippen LogP contribution < -0.4 is 0 Å². The molecule has 0 atom stereocenters. The Morgan fingerprint density at radius 1 is 1.43 bits per heavy atom. The topological polar surface area (TPSA) is 17.8 Å². The summed E-state index contributed by atoms with van der Waals surface area (Å²) in [6, 6.07) is 5.44. The molecule has 1 heterocycles. The van der Waals surface area contributed by atoms with Gasteiger partial charge in [0.15, 0.2) is 0 Å². The van der Waals surface area contributed by atoms with Crippen LogP contribution >= 0.6 is 15.9 Å². The molecule has 0 bridgehead atoms. The van der Waals surface area contributed by atoms with Gasteiger partial charge in [0.05, 0.1) is 11.7 Å². The molecule has 0 fully saturated rings. The molecule has 1 aromatic carbocycles. The van der Waals surface area contributed by atoms with Crippen LogP contribution in [0.3, 0.4) is 0 Å². The lowest BCUT2D eigenvalue weighted by Crippen LogP contribution is -2.07. The average Bonchev–Trinajstić information content (AvgIpc) is 2.47. The van der Waals surface area contributed by atoms with Gasteiger partial charge in [-0.2, -0.15) is 5.10 Å². The molecular formula is C9H7BrF2N2. The zero-order valence-electron chi connectivity index (χ0n) is 7.12. The van der Waals surface area contributed by atoms with Gasteiger partial charge in [-0.1, -0.05) is 15.9 Å². The summed E-state index contributed by atoms with van der Waals surface area (Å²) in [6.07, 6.45) is -0.788. The maximum absolute atomic E-state index is 12.1. The van der Waals surface area contributed by atoms with Crippen LogP contribution in [0.1, 0.15) is 0 Å². The lowest BCUT2D eigenvalue weighted by atomic mass is 10.2. The Kier molecular flexibility index (Phi) is 2.50. The van der Waals surface area contributed by atoms with Gasteiger partial charge < -0.3 is 0 Å². The van der Waals surface area contributed by atoms with Crippen molar-refractivity contribution in [2.75, 3.05) is 0 Å². The molecule has 74 valence electrons. The summed E-state index contributed by atoms with van der Waals surface area (Å²) in [5, 5.41) is 4.75. The van der Waals surface area contributed by atoms with Gasteiger partial charge in [-0.05, 0) is 18.2 Å². The summed E-state index contributed by atoms with van der Waals surface area (Å²) < 4.78 is 26.5. The van der Waals surface area contributed by atoms with Crippen molar-refractivity contribution in [3.05, 3.63) is 28.9 Å². The predicted octanol–water partition coefficient (Wildman–Crippen LogP) is 3.06. The Balaban J connectivity index is 2.47. The third kappa shape index (κ3) is 1.77. The first-order chi connectivity index (χ1) is 6.66. The Bertz CT molecular complexity index is 453. The van der Waals surface area contributed by atoms with E-state index in [1.807, 2.05) is 12.1 Å². The third-order valence-corrected chi connectivity index (χ3v) is 2.41. The Hall–Kier alpha value is -0.970. The summed E-state index contributed by atoms with van der Waals surface area (Å²) in [5.74, 6) is 0. The molecule has 0 amide bonds. The molecule has 0 aliphatic rings. The van der Waals surface area contributed by atoms with E-state index in [2.05, 4.69) is 21.0 Å². The van der Waals surface area contributed by atoms with Gasteiger partial charge in [0.2, 0.25) is 0 Å². The molecule has 2 nitrogen and oxygen atoms in total. The number of aromatic nitrogens is 2. The minimum absolute atomic E-state index is 0.356. The van der Waals surface area contributed by atoms with Crippen LogP contribution in [0.15, 0.2) is 28.9 Å². The monoisotopic (exact) mass is 260 g/mol. The largest absolute Gasteiger partial charge is 0.259 e. The zero-order valence-corrected chi connectivity index (χ0v) is 8.71. The molecule has 2 aromatic rings. The zero-order chi connectivity index (χ0) is 10.1. The summed E-state index contributed by atoms with van der Waals surface area (Å²) in [6.45, 7) is -0.356. The lowest BCUT2D eigenvalue weighted by Gasteiger charge is -2.01. The third-order valence-electron chi connectivity index (χ3n) is 1.91.